The molecule has 2 N–H and O–H groups in total. The van der Waals surface area contributed by atoms with Gasteiger partial charge in [0.2, 0.25) is 5.91 Å². The van der Waals surface area contributed by atoms with E-state index in [4.69, 9.17) is 9.47 Å². The number of aliphatic hydroxyl groups excluding tert-OH is 1. The van der Waals surface area contributed by atoms with Gasteiger partial charge in [0.05, 0.1) is 29.5 Å². The van der Waals surface area contributed by atoms with Crippen LogP contribution in [0.25, 0.3) is 10.4 Å². The topological polar surface area (TPSA) is 165 Å². The zero-order valence-corrected chi connectivity index (χ0v) is 26.8. The summed E-state index contributed by atoms with van der Waals surface area (Å²) in [6.07, 6.45) is 5.54. The Morgan fingerprint density at radius 2 is 1.95 bits per heavy atom. The van der Waals surface area contributed by atoms with Gasteiger partial charge in [-0.25, -0.2) is 23.0 Å². The predicted octanol–water partition coefficient (Wildman–Crippen LogP) is 3.97. The van der Waals surface area contributed by atoms with Crippen molar-refractivity contribution in [1.29, 1.82) is 0 Å². The lowest BCUT2D eigenvalue weighted by molar-refractivity contribution is -0.167. The molecule has 3 aliphatic rings. The van der Waals surface area contributed by atoms with Crippen LogP contribution in [0.15, 0.2) is 23.2 Å². The van der Waals surface area contributed by atoms with Gasteiger partial charge in [0.15, 0.2) is 14.9 Å². The molecule has 4 heterocycles. The van der Waals surface area contributed by atoms with Crippen LogP contribution in [0.5, 0.6) is 0 Å². The molecule has 236 valence electrons. The molecule has 6 atom stereocenters. The fourth-order valence-corrected chi connectivity index (χ4v) is 9.47. The molecule has 1 saturated heterocycles. The number of carboxylic acid groups (broad SMARTS) is 1. The Kier molecular flexibility index (Phi) is 7.96. The van der Waals surface area contributed by atoms with E-state index in [0.717, 1.165) is 43.3 Å². The number of hydrogen-bond acceptors (Lipinski definition) is 10. The van der Waals surface area contributed by atoms with E-state index in [2.05, 4.69) is 25.8 Å². The van der Waals surface area contributed by atoms with Gasteiger partial charge in [-0.2, -0.15) is 0 Å². The Morgan fingerprint density at radius 3 is 2.56 bits per heavy atom. The SMILES string of the molecule is CC(C)[C@]1(C)CCCC(OC(=O)OCC[C@@]2(C)C(c3cn4cnc(S(C)(=O)=O)c4s3)=C(C(=O)O)N3C(=O)[C@H]([C@@H](C)O)[C@@H]32)C1. The van der Waals surface area contributed by atoms with Crippen molar-refractivity contribution < 1.29 is 42.5 Å². The number of aliphatic hydroxyl groups is 1. The molecule has 0 aromatic carbocycles. The number of thiazole rings is 1. The molecule has 2 aromatic rings. The molecule has 12 nitrogen and oxygen atoms in total. The van der Waals surface area contributed by atoms with E-state index in [-0.39, 0.29) is 35.3 Å². The Hall–Kier alpha value is -2.97. The molecule has 0 spiro atoms. The zero-order valence-electron chi connectivity index (χ0n) is 25.2. The van der Waals surface area contributed by atoms with Crippen molar-refractivity contribution in [3.63, 3.8) is 0 Å². The second kappa shape index (κ2) is 10.9. The van der Waals surface area contributed by atoms with Gasteiger partial charge in [-0.1, -0.05) is 27.7 Å². The fraction of sp³-hybridized carbons (Fsp3) is 0.655. The zero-order chi connectivity index (χ0) is 31.6. The summed E-state index contributed by atoms with van der Waals surface area (Å²) >= 11 is 1.05. The first-order valence-corrected chi connectivity index (χ1v) is 17.2. The van der Waals surface area contributed by atoms with Gasteiger partial charge in [-0.05, 0) is 50.4 Å². The summed E-state index contributed by atoms with van der Waals surface area (Å²) in [5.41, 5.74) is -0.911. The van der Waals surface area contributed by atoms with Gasteiger partial charge in [-0.3, -0.25) is 9.20 Å². The van der Waals surface area contributed by atoms with Crippen molar-refractivity contribution in [1.82, 2.24) is 14.3 Å². The molecule has 2 aromatic heterocycles. The van der Waals surface area contributed by atoms with Crippen molar-refractivity contribution in [2.75, 3.05) is 12.9 Å². The van der Waals surface area contributed by atoms with Crippen LogP contribution in [0.4, 0.5) is 4.79 Å². The van der Waals surface area contributed by atoms with Crippen molar-refractivity contribution in [3.8, 4) is 0 Å². The number of carbonyl (C=O) groups is 3. The molecule has 0 radical (unpaired) electrons. The second-order valence-electron chi connectivity index (χ2n) is 13.0. The number of amides is 1. The maximum Gasteiger partial charge on any atom is 0.508 e. The summed E-state index contributed by atoms with van der Waals surface area (Å²) in [7, 11) is -3.66. The van der Waals surface area contributed by atoms with Gasteiger partial charge >= 0.3 is 12.1 Å². The second-order valence-corrected chi connectivity index (χ2v) is 16.0. The first-order chi connectivity index (χ1) is 20.0. The normalized spacial score (nSPS) is 30.0. The number of aromatic nitrogens is 2. The first-order valence-electron chi connectivity index (χ1n) is 14.5. The number of β-lactam (4-membered cyclic amide) rings is 1. The molecule has 1 saturated carbocycles. The molecule has 1 amide bonds. The lowest BCUT2D eigenvalue weighted by Crippen LogP contribution is -2.66. The number of carbonyl (C=O) groups excluding carboxylic acids is 2. The van der Waals surface area contributed by atoms with Crippen LogP contribution < -0.4 is 0 Å². The van der Waals surface area contributed by atoms with Gasteiger partial charge < -0.3 is 24.6 Å². The standard InChI is InChI=1S/C29H39N3O9S2/c1-15(2)28(4)9-7-8-17(12-28)41-27(37)40-11-10-29(5)20(18-13-31-14-30-23(25(31)42-18)43(6,38)39)21(26(35)36)32-22(29)19(16(3)33)24(32)34/h13-17,19,22,33H,7-12H2,1-6H3,(H,35,36)/t16-,17?,19-,22-,28-,29+/m1/s1. The van der Waals surface area contributed by atoms with Gasteiger partial charge in [-0.15, -0.1) is 11.3 Å². The van der Waals surface area contributed by atoms with Crippen molar-refractivity contribution >= 4 is 49.6 Å². The molecule has 0 bridgehead atoms. The summed E-state index contributed by atoms with van der Waals surface area (Å²) in [5.74, 6) is -2.26. The smallest absolute Gasteiger partial charge is 0.477 e. The summed E-state index contributed by atoms with van der Waals surface area (Å²) < 4.78 is 37.3. The van der Waals surface area contributed by atoms with E-state index in [1.165, 1.54) is 22.6 Å². The monoisotopic (exact) mass is 637 g/mol. The minimum atomic E-state index is -3.66. The van der Waals surface area contributed by atoms with Crippen molar-refractivity contribution in [2.24, 2.45) is 22.7 Å². The van der Waals surface area contributed by atoms with E-state index in [0.29, 0.717) is 21.2 Å². The summed E-state index contributed by atoms with van der Waals surface area (Å²) in [4.78, 5) is 44.5. The lowest BCUT2D eigenvalue weighted by Gasteiger charge is -2.50. The minimum absolute atomic E-state index is 0.0712. The predicted molar refractivity (Wildman–Crippen MR) is 157 cm³/mol. The van der Waals surface area contributed by atoms with E-state index >= 15 is 0 Å². The largest absolute Gasteiger partial charge is 0.508 e. The van der Waals surface area contributed by atoms with Crippen molar-refractivity contribution in [3.05, 3.63) is 23.1 Å². The molecular formula is C29H39N3O9S2. The third-order valence-corrected chi connectivity index (χ3v) is 12.1. The quantitative estimate of drug-likeness (QED) is 0.304. The average molecular weight is 638 g/mol. The molecule has 1 unspecified atom stereocenters. The van der Waals surface area contributed by atoms with Crippen LogP contribution in [-0.4, -0.2) is 82.1 Å². The highest BCUT2D eigenvalue weighted by Crippen LogP contribution is 2.60. The van der Waals surface area contributed by atoms with Crippen LogP contribution in [0.3, 0.4) is 0 Å². The molecule has 43 heavy (non-hydrogen) atoms. The number of aliphatic carboxylic acids is 1. The summed E-state index contributed by atoms with van der Waals surface area (Å²) in [6, 6.07) is -0.709. The van der Waals surface area contributed by atoms with Gasteiger partial charge in [0, 0.05) is 23.4 Å². The van der Waals surface area contributed by atoms with Crippen LogP contribution >= 0.6 is 11.3 Å². The van der Waals surface area contributed by atoms with Crippen LogP contribution in [0.2, 0.25) is 0 Å². The van der Waals surface area contributed by atoms with E-state index < -0.39 is 51.3 Å². The number of carboxylic acids is 1. The number of nitrogens with zero attached hydrogens (tertiary/aromatic N) is 3. The Labute approximate surface area is 254 Å². The highest BCUT2D eigenvalue weighted by molar-refractivity contribution is 7.91. The molecule has 1 aliphatic carbocycles. The molecule has 5 rings (SSSR count). The number of rotatable bonds is 9. The lowest BCUT2D eigenvalue weighted by atomic mass is 9.66. The minimum Gasteiger partial charge on any atom is -0.477 e. The number of fused-ring (bicyclic) bond motifs is 2. The molecular weight excluding hydrogens is 598 g/mol. The van der Waals surface area contributed by atoms with E-state index in [9.17, 15) is 33.0 Å². The van der Waals surface area contributed by atoms with Gasteiger partial charge in [0.25, 0.3) is 0 Å². The maximum atomic E-state index is 13.1. The number of sulfone groups is 1. The third kappa shape index (κ3) is 5.24. The Bertz CT molecular complexity index is 1610. The van der Waals surface area contributed by atoms with Crippen LogP contribution in [0, 0.1) is 22.7 Å². The third-order valence-electron chi connectivity index (χ3n) is 9.81. The molecule has 2 aliphatic heterocycles. The first kappa shape index (κ1) is 31.5. The number of hydrogen-bond donors (Lipinski definition) is 2. The van der Waals surface area contributed by atoms with E-state index in [1.54, 1.807) is 13.1 Å². The Balaban J connectivity index is 1.44. The highest BCUT2D eigenvalue weighted by Gasteiger charge is 2.66. The Morgan fingerprint density at radius 1 is 1.26 bits per heavy atom. The van der Waals surface area contributed by atoms with Crippen molar-refractivity contribution in [2.45, 2.75) is 90.0 Å². The molecule has 14 heteroatoms. The number of ether oxygens (including phenoxy) is 2. The summed E-state index contributed by atoms with van der Waals surface area (Å²) in [5, 5.41) is 20.7. The van der Waals surface area contributed by atoms with Crippen LogP contribution in [-0.2, 0) is 28.9 Å². The molecule has 2 fully saturated rings. The van der Waals surface area contributed by atoms with E-state index in [1.807, 2.05) is 0 Å². The maximum absolute atomic E-state index is 13.1. The van der Waals surface area contributed by atoms with Crippen LogP contribution in [0.1, 0.15) is 71.6 Å². The summed E-state index contributed by atoms with van der Waals surface area (Å²) in [6.45, 7) is 9.70. The van der Waals surface area contributed by atoms with Gasteiger partial charge in [0.1, 0.15) is 23.0 Å². The fourth-order valence-electron chi connectivity index (χ4n) is 7.08. The highest BCUT2D eigenvalue weighted by atomic mass is 32.2. The average Bonchev–Trinajstić information content (AvgIpc) is 3.52. The number of imidazole rings is 1.